The largest absolute Gasteiger partial charge is 0.497 e. The average Bonchev–Trinajstić information content (AvgIpc) is 2.64. The molecular formula is C19H15BrN2O3. The van der Waals surface area contributed by atoms with E-state index in [9.17, 15) is 9.59 Å². The smallest absolute Gasteiger partial charge is 0.267 e. The highest BCUT2D eigenvalue weighted by molar-refractivity contribution is 9.10. The van der Waals surface area contributed by atoms with Gasteiger partial charge in [0.1, 0.15) is 12.3 Å². The van der Waals surface area contributed by atoms with Crippen molar-refractivity contribution in [1.29, 1.82) is 0 Å². The van der Waals surface area contributed by atoms with E-state index in [0.717, 1.165) is 10.0 Å². The number of ether oxygens (including phenoxy) is 1. The maximum Gasteiger partial charge on any atom is 0.267 e. The first-order chi connectivity index (χ1) is 12.1. The molecule has 0 saturated heterocycles. The Labute approximate surface area is 153 Å². The number of hydrogen-bond donors (Lipinski definition) is 0. The van der Waals surface area contributed by atoms with Crippen LogP contribution in [0, 0.1) is 0 Å². The summed E-state index contributed by atoms with van der Waals surface area (Å²) in [6.07, 6.45) is 0. The molecule has 0 atom stereocenters. The topological polar surface area (TPSA) is 61.2 Å². The fourth-order valence-electron chi connectivity index (χ4n) is 2.36. The van der Waals surface area contributed by atoms with E-state index in [1.54, 1.807) is 37.4 Å². The predicted molar refractivity (Wildman–Crippen MR) is 99.0 cm³/mol. The van der Waals surface area contributed by atoms with Gasteiger partial charge in [-0.2, -0.15) is 5.10 Å². The molecule has 0 spiro atoms. The summed E-state index contributed by atoms with van der Waals surface area (Å²) in [5, 5.41) is 4.32. The van der Waals surface area contributed by atoms with Crippen LogP contribution in [0.15, 0.2) is 69.9 Å². The minimum absolute atomic E-state index is 0.113. The Hall–Kier alpha value is -2.73. The molecule has 0 unspecified atom stereocenters. The van der Waals surface area contributed by atoms with Crippen molar-refractivity contribution in [3.63, 3.8) is 0 Å². The zero-order valence-corrected chi connectivity index (χ0v) is 15.1. The van der Waals surface area contributed by atoms with Crippen LogP contribution in [0.25, 0.3) is 11.3 Å². The van der Waals surface area contributed by atoms with Gasteiger partial charge >= 0.3 is 0 Å². The molecule has 5 nitrogen and oxygen atoms in total. The summed E-state index contributed by atoms with van der Waals surface area (Å²) in [5.74, 6) is 0.521. The van der Waals surface area contributed by atoms with Crippen LogP contribution in [0.3, 0.4) is 0 Å². The molecule has 1 aromatic heterocycles. The van der Waals surface area contributed by atoms with Crippen molar-refractivity contribution < 1.29 is 9.53 Å². The van der Waals surface area contributed by atoms with Gasteiger partial charge in [-0.15, -0.1) is 0 Å². The summed E-state index contributed by atoms with van der Waals surface area (Å²) in [7, 11) is 1.59. The molecule has 6 heteroatoms. The molecule has 0 aliphatic heterocycles. The van der Waals surface area contributed by atoms with Crippen LogP contribution in [0.4, 0.5) is 0 Å². The lowest BCUT2D eigenvalue weighted by molar-refractivity contribution is 0.0966. The number of methoxy groups -OCH3 is 1. The molecule has 2 aromatic carbocycles. The third kappa shape index (κ3) is 4.03. The van der Waals surface area contributed by atoms with Gasteiger partial charge in [0.05, 0.1) is 12.8 Å². The number of nitrogens with zero attached hydrogens (tertiary/aromatic N) is 2. The molecule has 1 heterocycles. The van der Waals surface area contributed by atoms with Crippen LogP contribution in [0.1, 0.15) is 10.4 Å². The molecule has 0 aliphatic rings. The Bertz CT molecular complexity index is 965. The monoisotopic (exact) mass is 398 g/mol. The minimum atomic E-state index is -0.322. The lowest BCUT2D eigenvalue weighted by atomic mass is 10.1. The van der Waals surface area contributed by atoms with Crippen molar-refractivity contribution in [2.45, 2.75) is 6.54 Å². The van der Waals surface area contributed by atoms with Gasteiger partial charge in [-0.25, -0.2) is 4.68 Å². The summed E-state index contributed by atoms with van der Waals surface area (Å²) in [5.41, 5.74) is 1.62. The van der Waals surface area contributed by atoms with Crippen molar-refractivity contribution in [3.05, 3.63) is 81.1 Å². The van der Waals surface area contributed by atoms with Crippen LogP contribution in [0.2, 0.25) is 0 Å². The van der Waals surface area contributed by atoms with Crippen LogP contribution in [-0.2, 0) is 6.54 Å². The SMILES string of the molecule is COc1cccc(-c2ccc(=O)n(CC(=O)c3ccc(Br)cc3)n2)c1. The van der Waals surface area contributed by atoms with Crippen molar-refractivity contribution in [2.24, 2.45) is 0 Å². The van der Waals surface area contributed by atoms with E-state index in [2.05, 4.69) is 21.0 Å². The summed E-state index contributed by atoms with van der Waals surface area (Å²) in [6, 6.07) is 17.4. The van der Waals surface area contributed by atoms with Crippen LogP contribution in [-0.4, -0.2) is 22.7 Å². The molecule has 0 bridgehead atoms. The van der Waals surface area contributed by atoms with Crippen LogP contribution < -0.4 is 10.3 Å². The minimum Gasteiger partial charge on any atom is -0.497 e. The standard InChI is InChI=1S/C19H15BrN2O3/c1-25-16-4-2-3-14(11-16)17-9-10-19(24)22(21-17)12-18(23)13-5-7-15(20)8-6-13/h2-11H,12H2,1H3. The van der Waals surface area contributed by atoms with Crippen molar-refractivity contribution in [3.8, 4) is 17.0 Å². The lowest BCUT2D eigenvalue weighted by Crippen LogP contribution is -2.26. The van der Waals surface area contributed by atoms with E-state index in [1.807, 2.05) is 24.3 Å². The number of benzene rings is 2. The number of ketones is 1. The number of halogens is 1. The maximum absolute atomic E-state index is 12.4. The van der Waals surface area contributed by atoms with Gasteiger partial charge in [0.15, 0.2) is 5.78 Å². The van der Waals surface area contributed by atoms with E-state index in [0.29, 0.717) is 17.0 Å². The lowest BCUT2D eigenvalue weighted by Gasteiger charge is -2.08. The molecule has 0 aliphatic carbocycles. The van der Waals surface area contributed by atoms with Gasteiger partial charge in [-0.05, 0) is 30.3 Å². The van der Waals surface area contributed by atoms with Crippen LogP contribution >= 0.6 is 15.9 Å². The zero-order valence-electron chi connectivity index (χ0n) is 13.5. The Morgan fingerprint density at radius 1 is 1.12 bits per heavy atom. The van der Waals surface area contributed by atoms with Gasteiger partial charge < -0.3 is 4.74 Å². The maximum atomic E-state index is 12.4. The Balaban J connectivity index is 1.90. The first-order valence-corrected chi connectivity index (χ1v) is 8.37. The van der Waals surface area contributed by atoms with Crippen molar-refractivity contribution >= 4 is 21.7 Å². The summed E-state index contributed by atoms with van der Waals surface area (Å²) in [4.78, 5) is 24.5. The molecule has 126 valence electrons. The zero-order chi connectivity index (χ0) is 17.8. The quantitative estimate of drug-likeness (QED) is 0.616. The van der Waals surface area contributed by atoms with Crippen molar-refractivity contribution in [2.75, 3.05) is 7.11 Å². The molecular weight excluding hydrogens is 384 g/mol. The highest BCUT2D eigenvalue weighted by atomic mass is 79.9. The van der Waals surface area contributed by atoms with Gasteiger partial charge in [0, 0.05) is 21.7 Å². The van der Waals surface area contributed by atoms with E-state index < -0.39 is 0 Å². The number of carbonyl (C=O) groups excluding carboxylic acids is 1. The summed E-state index contributed by atoms with van der Waals surface area (Å²) >= 11 is 3.33. The predicted octanol–water partition coefficient (Wildman–Crippen LogP) is 3.56. The third-order valence-corrected chi connectivity index (χ3v) is 4.22. The van der Waals surface area contributed by atoms with Gasteiger partial charge in [0.2, 0.25) is 0 Å². The molecule has 25 heavy (non-hydrogen) atoms. The van der Waals surface area contributed by atoms with Gasteiger partial charge in [-0.3, -0.25) is 9.59 Å². The molecule has 0 fully saturated rings. The number of rotatable bonds is 5. The van der Waals surface area contributed by atoms with E-state index in [-0.39, 0.29) is 17.9 Å². The second-order valence-corrected chi connectivity index (χ2v) is 6.29. The molecule has 0 N–H and O–H groups in total. The second kappa shape index (κ2) is 7.44. The molecule has 0 saturated carbocycles. The highest BCUT2D eigenvalue weighted by Crippen LogP contribution is 2.21. The molecule has 3 aromatic rings. The Kier molecular flexibility index (Phi) is 5.09. The first kappa shape index (κ1) is 17.1. The fourth-order valence-corrected chi connectivity index (χ4v) is 2.63. The highest BCUT2D eigenvalue weighted by Gasteiger charge is 2.10. The van der Waals surface area contributed by atoms with E-state index >= 15 is 0 Å². The van der Waals surface area contributed by atoms with Gasteiger partial charge in [0.25, 0.3) is 5.56 Å². The number of carbonyl (C=O) groups is 1. The fraction of sp³-hybridized carbons (Fsp3) is 0.105. The molecule has 3 rings (SSSR count). The number of aromatic nitrogens is 2. The first-order valence-electron chi connectivity index (χ1n) is 7.58. The molecule has 0 amide bonds. The Morgan fingerprint density at radius 2 is 1.88 bits per heavy atom. The number of hydrogen-bond acceptors (Lipinski definition) is 4. The third-order valence-electron chi connectivity index (χ3n) is 3.69. The van der Waals surface area contributed by atoms with Crippen LogP contribution in [0.5, 0.6) is 5.75 Å². The summed E-state index contributed by atoms with van der Waals surface area (Å²) in [6.45, 7) is -0.113. The second-order valence-electron chi connectivity index (χ2n) is 5.38. The number of Topliss-reactive ketones (excluding diaryl/α,β-unsaturated/α-hetero) is 1. The normalized spacial score (nSPS) is 10.5. The van der Waals surface area contributed by atoms with Crippen molar-refractivity contribution in [1.82, 2.24) is 9.78 Å². The average molecular weight is 399 g/mol. The summed E-state index contributed by atoms with van der Waals surface area (Å²) < 4.78 is 7.28. The Morgan fingerprint density at radius 3 is 2.60 bits per heavy atom. The molecule has 0 radical (unpaired) electrons. The van der Waals surface area contributed by atoms with E-state index in [1.165, 1.54) is 10.7 Å². The van der Waals surface area contributed by atoms with E-state index in [4.69, 9.17) is 4.74 Å². The van der Waals surface area contributed by atoms with Gasteiger partial charge in [-0.1, -0.05) is 40.2 Å².